The van der Waals surface area contributed by atoms with Crippen molar-refractivity contribution >= 4 is 0 Å². The zero-order valence-corrected chi connectivity index (χ0v) is 6.15. The predicted octanol–water partition coefficient (Wildman–Crippen LogP) is 1.83. The molecular weight excluding hydrogens is 112 g/mol. The van der Waals surface area contributed by atoms with Gasteiger partial charge in [-0.2, -0.15) is 0 Å². The molecule has 0 aliphatic rings. The van der Waals surface area contributed by atoms with E-state index < -0.39 is 0 Å². The Labute approximate surface area is 56.8 Å². The van der Waals surface area contributed by atoms with Gasteiger partial charge in [-0.15, -0.1) is 0 Å². The van der Waals surface area contributed by atoms with Gasteiger partial charge in [-0.1, -0.05) is 6.92 Å². The van der Waals surface area contributed by atoms with Crippen LogP contribution in [0.15, 0.2) is 0 Å². The maximum atomic E-state index is 4.27. The Hall–Kier alpha value is -0.790. The second-order valence-electron chi connectivity index (χ2n) is 2.25. The fourth-order valence-corrected chi connectivity index (χ4v) is 1.00. The predicted molar refractivity (Wildman–Crippen MR) is 39.6 cm³/mol. The van der Waals surface area contributed by atoms with Crippen LogP contribution >= 0.6 is 0 Å². The monoisotopic (exact) mass is 126 g/mol. The molecule has 0 aromatic carbocycles. The number of aromatic nitrogens is 2. The van der Waals surface area contributed by atoms with E-state index in [0.717, 1.165) is 12.2 Å². The number of imidazole rings is 1. The lowest BCUT2D eigenvalue weighted by Gasteiger charge is -1.86. The Bertz CT molecular complexity index is 205. The lowest BCUT2D eigenvalue weighted by atomic mass is 10.3. The summed E-state index contributed by atoms with van der Waals surface area (Å²) in [6, 6.07) is 0. The van der Waals surface area contributed by atoms with Crippen molar-refractivity contribution in [3.63, 3.8) is 0 Å². The quantitative estimate of drug-likeness (QED) is 0.611. The molecule has 0 fully saturated rings. The molecule has 9 heavy (non-hydrogen) atoms. The highest BCUT2D eigenvalue weighted by atomic mass is 14.9. The first-order valence-electron chi connectivity index (χ1n) is 3.26. The van der Waals surface area contributed by atoms with Crippen molar-refractivity contribution in [2.24, 2.45) is 0 Å². The first kappa shape index (κ1) is 6.33. The van der Waals surface area contributed by atoms with Gasteiger partial charge >= 0.3 is 0 Å². The summed E-state index contributed by atoms with van der Waals surface area (Å²) in [7, 11) is 0. The lowest BCUT2D eigenvalue weighted by Crippen LogP contribution is -1.81. The van der Waals surface area contributed by atoms with Gasteiger partial charge in [-0.3, -0.25) is 0 Å². The Morgan fingerprint density at radius 2 is 2.22 bits per heavy atom. The summed E-state index contributed by atoms with van der Waals surface area (Å²) < 4.78 is 0. The smallest absolute Gasteiger partial charge is 0.103 e. The van der Waals surface area contributed by atoms with E-state index in [1.807, 2.05) is 6.92 Å². The largest absolute Gasteiger partial charge is 0.346 e. The topological polar surface area (TPSA) is 28.7 Å². The summed E-state index contributed by atoms with van der Waals surface area (Å²) in [6.07, 6.45) is 1.02. The highest BCUT2D eigenvalue weighted by molar-refractivity contribution is 5.11. The molecular formula is C7H14N2. The minimum Gasteiger partial charge on any atom is -0.346 e. The molecule has 2 heteroatoms. The SMILES string of the molecule is CCc1nc(C)[nH]c1C.[HH]. The first-order chi connectivity index (χ1) is 4.24. The molecule has 0 atom stereocenters. The van der Waals surface area contributed by atoms with Crippen molar-refractivity contribution in [1.82, 2.24) is 9.97 Å². The van der Waals surface area contributed by atoms with Crippen molar-refractivity contribution in [2.75, 3.05) is 0 Å². The highest BCUT2D eigenvalue weighted by Gasteiger charge is 1.98. The summed E-state index contributed by atoms with van der Waals surface area (Å²) >= 11 is 0. The Balaban J connectivity index is 0.000000810. The number of H-pyrrole nitrogens is 1. The Morgan fingerprint density at radius 1 is 1.56 bits per heavy atom. The number of rotatable bonds is 1. The Kier molecular flexibility index (Phi) is 1.56. The number of nitrogens with one attached hydrogen (secondary N) is 1. The zero-order valence-electron chi connectivity index (χ0n) is 6.15. The second kappa shape index (κ2) is 2.21. The molecule has 0 spiro atoms. The van der Waals surface area contributed by atoms with E-state index in [-0.39, 0.29) is 1.43 Å². The van der Waals surface area contributed by atoms with Gasteiger partial charge < -0.3 is 4.98 Å². The first-order valence-corrected chi connectivity index (χ1v) is 3.26. The number of hydrogen-bond donors (Lipinski definition) is 1. The van der Waals surface area contributed by atoms with Gasteiger partial charge in [0.1, 0.15) is 5.82 Å². The Morgan fingerprint density at radius 3 is 2.44 bits per heavy atom. The number of hydrogen-bond acceptors (Lipinski definition) is 1. The average molecular weight is 126 g/mol. The van der Waals surface area contributed by atoms with E-state index in [4.69, 9.17) is 0 Å². The van der Waals surface area contributed by atoms with Crippen molar-refractivity contribution in [3.8, 4) is 0 Å². The molecule has 1 aromatic heterocycles. The molecule has 0 unspecified atom stereocenters. The maximum Gasteiger partial charge on any atom is 0.103 e. The fourth-order valence-electron chi connectivity index (χ4n) is 1.00. The molecule has 0 amide bonds. The molecule has 1 rings (SSSR count). The lowest BCUT2D eigenvalue weighted by molar-refractivity contribution is 1.03. The molecule has 0 aliphatic carbocycles. The van der Waals surface area contributed by atoms with Crippen LogP contribution in [-0.4, -0.2) is 9.97 Å². The molecule has 0 bridgehead atoms. The van der Waals surface area contributed by atoms with Crippen LogP contribution in [0.3, 0.4) is 0 Å². The van der Waals surface area contributed by atoms with E-state index in [9.17, 15) is 0 Å². The molecule has 1 heterocycles. The van der Waals surface area contributed by atoms with E-state index in [2.05, 4.69) is 23.8 Å². The van der Waals surface area contributed by atoms with Crippen LogP contribution < -0.4 is 0 Å². The molecule has 2 nitrogen and oxygen atoms in total. The van der Waals surface area contributed by atoms with Crippen LogP contribution in [-0.2, 0) is 6.42 Å². The van der Waals surface area contributed by atoms with Gasteiger partial charge in [0.15, 0.2) is 0 Å². The summed E-state index contributed by atoms with van der Waals surface area (Å²) in [5.41, 5.74) is 2.39. The van der Waals surface area contributed by atoms with Gasteiger partial charge in [0.25, 0.3) is 0 Å². The molecule has 0 radical (unpaired) electrons. The van der Waals surface area contributed by atoms with E-state index in [1.54, 1.807) is 0 Å². The molecule has 0 saturated carbocycles. The third-order valence-electron chi connectivity index (χ3n) is 1.44. The summed E-state index contributed by atoms with van der Waals surface area (Å²) in [5, 5.41) is 0. The van der Waals surface area contributed by atoms with Crippen molar-refractivity contribution in [1.29, 1.82) is 0 Å². The van der Waals surface area contributed by atoms with E-state index >= 15 is 0 Å². The van der Waals surface area contributed by atoms with Crippen molar-refractivity contribution in [2.45, 2.75) is 27.2 Å². The zero-order chi connectivity index (χ0) is 6.85. The molecule has 52 valence electrons. The average Bonchev–Trinajstić information content (AvgIpc) is 2.10. The highest BCUT2D eigenvalue weighted by Crippen LogP contribution is 2.03. The fraction of sp³-hybridized carbons (Fsp3) is 0.571. The van der Waals surface area contributed by atoms with Crippen LogP contribution in [0.25, 0.3) is 0 Å². The number of nitrogens with zero attached hydrogens (tertiary/aromatic N) is 1. The van der Waals surface area contributed by atoms with E-state index in [1.165, 1.54) is 11.4 Å². The minimum absolute atomic E-state index is 0. The minimum atomic E-state index is 0. The van der Waals surface area contributed by atoms with Crippen LogP contribution in [0.1, 0.15) is 25.6 Å². The van der Waals surface area contributed by atoms with Crippen molar-refractivity contribution in [3.05, 3.63) is 17.2 Å². The number of aromatic amines is 1. The summed E-state index contributed by atoms with van der Waals surface area (Å²) in [6.45, 7) is 6.15. The van der Waals surface area contributed by atoms with Gasteiger partial charge in [0.2, 0.25) is 0 Å². The second-order valence-corrected chi connectivity index (χ2v) is 2.25. The van der Waals surface area contributed by atoms with Crippen LogP contribution in [0, 0.1) is 13.8 Å². The summed E-state index contributed by atoms with van der Waals surface area (Å²) in [4.78, 5) is 7.42. The van der Waals surface area contributed by atoms with E-state index in [0.29, 0.717) is 0 Å². The maximum absolute atomic E-state index is 4.27. The molecule has 1 aromatic rings. The van der Waals surface area contributed by atoms with Gasteiger partial charge in [-0.25, -0.2) is 4.98 Å². The van der Waals surface area contributed by atoms with Crippen LogP contribution in [0.4, 0.5) is 0 Å². The van der Waals surface area contributed by atoms with Crippen molar-refractivity contribution < 1.29 is 1.43 Å². The summed E-state index contributed by atoms with van der Waals surface area (Å²) in [5.74, 6) is 1.02. The third kappa shape index (κ3) is 1.12. The van der Waals surface area contributed by atoms with Gasteiger partial charge in [-0.05, 0) is 20.3 Å². The van der Waals surface area contributed by atoms with Gasteiger partial charge in [0, 0.05) is 7.12 Å². The van der Waals surface area contributed by atoms with Crippen LogP contribution in [0.2, 0.25) is 0 Å². The van der Waals surface area contributed by atoms with Gasteiger partial charge in [0.05, 0.1) is 5.69 Å². The van der Waals surface area contributed by atoms with Crippen LogP contribution in [0.5, 0.6) is 0 Å². The molecule has 0 saturated heterocycles. The standard InChI is InChI=1S/C7H12N2.H2/c1-4-7-5(2)8-6(3)9-7;/h4H2,1-3H3,(H,8,9);1H. The molecule has 1 N–H and O–H groups in total. The molecule has 0 aliphatic heterocycles. The normalized spacial score (nSPS) is 10.1. The third-order valence-corrected chi connectivity index (χ3v) is 1.44. The number of aryl methyl sites for hydroxylation is 3.